The van der Waals surface area contributed by atoms with Crippen LogP contribution >= 0.6 is 0 Å². The third-order valence-electron chi connectivity index (χ3n) is 3.68. The van der Waals surface area contributed by atoms with Crippen LogP contribution in [0.1, 0.15) is 36.1 Å². The van der Waals surface area contributed by atoms with E-state index >= 15 is 0 Å². The average Bonchev–Trinajstić information content (AvgIpc) is 2.96. The largest absolute Gasteiger partial charge is 0.493 e. The molecule has 0 spiro atoms. The molecule has 1 N–H and O–H groups in total. The number of pyridine rings is 1. The highest BCUT2D eigenvalue weighted by molar-refractivity contribution is 5.43. The van der Waals surface area contributed by atoms with Crippen LogP contribution in [-0.4, -0.2) is 18.1 Å². The highest BCUT2D eigenvalue weighted by atomic mass is 16.5. The SMILES string of the molecule is CCCNC(c1ccncc1)c1ccc2c(c1)CCO2. The van der Waals surface area contributed by atoms with E-state index in [1.807, 2.05) is 12.4 Å². The van der Waals surface area contributed by atoms with Crippen LogP contribution in [0.5, 0.6) is 5.75 Å². The second-order valence-corrected chi connectivity index (χ2v) is 5.13. The zero-order valence-corrected chi connectivity index (χ0v) is 11.8. The van der Waals surface area contributed by atoms with Gasteiger partial charge in [0, 0.05) is 18.8 Å². The van der Waals surface area contributed by atoms with E-state index in [1.54, 1.807) is 0 Å². The van der Waals surface area contributed by atoms with E-state index in [0.717, 1.165) is 31.7 Å². The highest BCUT2D eigenvalue weighted by Crippen LogP contribution is 2.30. The number of benzene rings is 1. The lowest BCUT2D eigenvalue weighted by Crippen LogP contribution is -2.23. The molecule has 1 atom stereocenters. The fraction of sp³-hybridized carbons (Fsp3) is 0.353. The van der Waals surface area contributed by atoms with Crippen molar-refractivity contribution in [1.82, 2.24) is 10.3 Å². The normalized spacial score (nSPS) is 14.7. The van der Waals surface area contributed by atoms with Gasteiger partial charge < -0.3 is 10.1 Å². The molecule has 0 amide bonds. The Balaban J connectivity index is 1.92. The van der Waals surface area contributed by atoms with Crippen molar-refractivity contribution in [1.29, 1.82) is 0 Å². The molecule has 20 heavy (non-hydrogen) atoms. The molecule has 1 aromatic heterocycles. The average molecular weight is 268 g/mol. The van der Waals surface area contributed by atoms with Crippen LogP contribution in [0, 0.1) is 0 Å². The van der Waals surface area contributed by atoms with Gasteiger partial charge in [-0.2, -0.15) is 0 Å². The number of nitrogens with one attached hydrogen (secondary N) is 1. The maximum absolute atomic E-state index is 5.59. The van der Waals surface area contributed by atoms with E-state index < -0.39 is 0 Å². The zero-order valence-electron chi connectivity index (χ0n) is 11.8. The van der Waals surface area contributed by atoms with Gasteiger partial charge in [-0.1, -0.05) is 19.1 Å². The molecule has 0 radical (unpaired) electrons. The molecular formula is C17H20N2O. The molecule has 1 aromatic carbocycles. The lowest BCUT2D eigenvalue weighted by molar-refractivity contribution is 0.357. The standard InChI is InChI=1S/C17H20N2O/c1-2-8-19-17(13-5-9-18-10-6-13)15-3-4-16-14(12-15)7-11-20-16/h3-6,9-10,12,17,19H,2,7-8,11H2,1H3. The number of aromatic nitrogens is 1. The van der Waals surface area contributed by atoms with E-state index in [0.29, 0.717) is 0 Å². The van der Waals surface area contributed by atoms with Gasteiger partial charge in [0.25, 0.3) is 0 Å². The number of hydrogen-bond acceptors (Lipinski definition) is 3. The van der Waals surface area contributed by atoms with Crippen molar-refractivity contribution >= 4 is 0 Å². The van der Waals surface area contributed by atoms with Crippen LogP contribution in [-0.2, 0) is 6.42 Å². The summed E-state index contributed by atoms with van der Waals surface area (Å²) in [5.41, 5.74) is 3.88. The fourth-order valence-electron chi connectivity index (χ4n) is 2.66. The highest BCUT2D eigenvalue weighted by Gasteiger charge is 2.17. The maximum atomic E-state index is 5.59. The first kappa shape index (κ1) is 13.1. The van der Waals surface area contributed by atoms with Crippen molar-refractivity contribution in [3.63, 3.8) is 0 Å². The van der Waals surface area contributed by atoms with Gasteiger partial charge in [0.1, 0.15) is 5.75 Å². The Bertz CT molecular complexity index is 568. The molecule has 3 heteroatoms. The Hall–Kier alpha value is -1.87. The quantitative estimate of drug-likeness (QED) is 0.904. The third-order valence-corrected chi connectivity index (χ3v) is 3.68. The summed E-state index contributed by atoms with van der Waals surface area (Å²) in [5, 5.41) is 3.62. The van der Waals surface area contributed by atoms with Crippen LogP contribution in [0.2, 0.25) is 0 Å². The van der Waals surface area contributed by atoms with Crippen LogP contribution in [0.4, 0.5) is 0 Å². The van der Waals surface area contributed by atoms with Crippen LogP contribution in [0.25, 0.3) is 0 Å². The maximum Gasteiger partial charge on any atom is 0.122 e. The number of ether oxygens (including phenoxy) is 1. The minimum atomic E-state index is 0.226. The number of nitrogens with zero attached hydrogens (tertiary/aromatic N) is 1. The van der Waals surface area contributed by atoms with Crippen molar-refractivity contribution < 1.29 is 4.74 Å². The summed E-state index contributed by atoms with van der Waals surface area (Å²) in [4.78, 5) is 4.11. The van der Waals surface area contributed by atoms with Gasteiger partial charge in [0.15, 0.2) is 0 Å². The van der Waals surface area contributed by atoms with Gasteiger partial charge in [-0.05, 0) is 47.9 Å². The Labute approximate surface area is 120 Å². The molecule has 0 bridgehead atoms. The van der Waals surface area contributed by atoms with E-state index in [4.69, 9.17) is 4.74 Å². The minimum absolute atomic E-state index is 0.226. The van der Waals surface area contributed by atoms with Crippen LogP contribution in [0.3, 0.4) is 0 Å². The summed E-state index contributed by atoms with van der Waals surface area (Å²) in [7, 11) is 0. The minimum Gasteiger partial charge on any atom is -0.493 e. The molecule has 0 aliphatic carbocycles. The number of rotatable bonds is 5. The summed E-state index contributed by atoms with van der Waals surface area (Å²) >= 11 is 0. The molecule has 0 saturated carbocycles. The third kappa shape index (κ3) is 2.68. The molecular weight excluding hydrogens is 248 g/mol. The Morgan fingerprint density at radius 1 is 1.20 bits per heavy atom. The summed E-state index contributed by atoms with van der Waals surface area (Å²) in [6, 6.07) is 10.9. The smallest absolute Gasteiger partial charge is 0.122 e. The molecule has 2 heterocycles. The molecule has 3 rings (SSSR count). The van der Waals surface area contributed by atoms with Crippen molar-refractivity contribution in [2.45, 2.75) is 25.8 Å². The summed E-state index contributed by atoms with van der Waals surface area (Å²) < 4.78 is 5.59. The van der Waals surface area contributed by atoms with Crippen molar-refractivity contribution in [2.24, 2.45) is 0 Å². The van der Waals surface area contributed by atoms with Gasteiger partial charge >= 0.3 is 0 Å². The van der Waals surface area contributed by atoms with Gasteiger partial charge in [-0.25, -0.2) is 0 Å². The van der Waals surface area contributed by atoms with Crippen molar-refractivity contribution in [2.75, 3.05) is 13.2 Å². The molecule has 1 unspecified atom stereocenters. The fourth-order valence-corrected chi connectivity index (χ4v) is 2.66. The first-order valence-corrected chi connectivity index (χ1v) is 7.27. The monoisotopic (exact) mass is 268 g/mol. The predicted molar refractivity (Wildman–Crippen MR) is 80.0 cm³/mol. The van der Waals surface area contributed by atoms with E-state index in [9.17, 15) is 0 Å². The molecule has 0 fully saturated rings. The Kier molecular flexibility index (Phi) is 3.97. The van der Waals surface area contributed by atoms with Gasteiger partial charge in [-0.3, -0.25) is 4.98 Å². The van der Waals surface area contributed by atoms with E-state index in [2.05, 4.69) is 47.6 Å². The summed E-state index contributed by atoms with van der Waals surface area (Å²) in [5.74, 6) is 1.04. The molecule has 2 aromatic rings. The summed E-state index contributed by atoms with van der Waals surface area (Å²) in [6.07, 6.45) is 5.84. The lowest BCUT2D eigenvalue weighted by Gasteiger charge is -2.20. The Morgan fingerprint density at radius 2 is 2.05 bits per heavy atom. The molecule has 1 aliphatic heterocycles. The van der Waals surface area contributed by atoms with Crippen molar-refractivity contribution in [3.8, 4) is 5.75 Å². The number of hydrogen-bond donors (Lipinski definition) is 1. The zero-order chi connectivity index (χ0) is 13.8. The second-order valence-electron chi connectivity index (χ2n) is 5.13. The Morgan fingerprint density at radius 3 is 2.85 bits per heavy atom. The summed E-state index contributed by atoms with van der Waals surface area (Å²) in [6.45, 7) is 3.99. The first-order valence-electron chi connectivity index (χ1n) is 7.27. The van der Waals surface area contributed by atoms with Gasteiger partial charge in [0.05, 0.1) is 12.6 Å². The topological polar surface area (TPSA) is 34.2 Å². The predicted octanol–water partition coefficient (Wildman–Crippen LogP) is 3.11. The lowest BCUT2D eigenvalue weighted by atomic mass is 9.97. The van der Waals surface area contributed by atoms with Crippen LogP contribution in [0.15, 0.2) is 42.7 Å². The molecule has 1 aliphatic rings. The second kappa shape index (κ2) is 6.06. The van der Waals surface area contributed by atoms with E-state index in [1.165, 1.54) is 16.7 Å². The van der Waals surface area contributed by atoms with E-state index in [-0.39, 0.29) is 6.04 Å². The molecule has 3 nitrogen and oxygen atoms in total. The van der Waals surface area contributed by atoms with Gasteiger partial charge in [0.2, 0.25) is 0 Å². The molecule has 0 saturated heterocycles. The first-order chi connectivity index (χ1) is 9.88. The number of fused-ring (bicyclic) bond motifs is 1. The van der Waals surface area contributed by atoms with Crippen LogP contribution < -0.4 is 10.1 Å². The van der Waals surface area contributed by atoms with Gasteiger partial charge in [-0.15, -0.1) is 0 Å². The van der Waals surface area contributed by atoms with Crippen molar-refractivity contribution in [3.05, 3.63) is 59.4 Å². The molecule has 104 valence electrons.